The zero-order valence-corrected chi connectivity index (χ0v) is 19.9. The van der Waals surface area contributed by atoms with Gasteiger partial charge in [0.15, 0.2) is 5.82 Å². The normalized spacial score (nSPS) is 16.1. The van der Waals surface area contributed by atoms with Crippen LogP contribution >= 0.6 is 23.2 Å². The first-order valence-corrected chi connectivity index (χ1v) is 11.8. The second kappa shape index (κ2) is 9.51. The molecular formula is C25H22Cl2N6O. The number of nitriles is 1. The van der Waals surface area contributed by atoms with E-state index >= 15 is 0 Å². The summed E-state index contributed by atoms with van der Waals surface area (Å²) < 4.78 is 1.60. The van der Waals surface area contributed by atoms with Gasteiger partial charge in [0, 0.05) is 49.0 Å². The second-order valence-electron chi connectivity index (χ2n) is 8.22. The molecule has 0 unspecified atom stereocenters. The van der Waals surface area contributed by atoms with Crippen LogP contribution in [0.2, 0.25) is 10.0 Å². The maximum Gasteiger partial charge on any atom is 0.242 e. The Morgan fingerprint density at radius 1 is 1.06 bits per heavy atom. The highest BCUT2D eigenvalue weighted by atomic mass is 35.5. The number of amides is 1. The quantitative estimate of drug-likeness (QED) is 0.547. The van der Waals surface area contributed by atoms with Gasteiger partial charge in [-0.05, 0) is 36.4 Å². The summed E-state index contributed by atoms with van der Waals surface area (Å²) in [5.41, 5.74) is 2.94. The first-order chi connectivity index (χ1) is 16.5. The maximum atomic E-state index is 13.4. The number of hydrogen-bond acceptors (Lipinski definition) is 5. The summed E-state index contributed by atoms with van der Waals surface area (Å²) in [6.45, 7) is 3.89. The molecule has 0 atom stereocenters. The van der Waals surface area contributed by atoms with E-state index < -0.39 is 0 Å². The van der Waals surface area contributed by atoms with Crippen molar-refractivity contribution in [1.82, 2.24) is 14.7 Å². The predicted molar refractivity (Wildman–Crippen MR) is 134 cm³/mol. The van der Waals surface area contributed by atoms with Gasteiger partial charge in [-0.2, -0.15) is 10.4 Å². The van der Waals surface area contributed by atoms with E-state index in [1.165, 1.54) is 11.9 Å². The Morgan fingerprint density at radius 3 is 2.56 bits per heavy atom. The molecule has 3 aromatic rings. The van der Waals surface area contributed by atoms with Gasteiger partial charge in [-0.3, -0.25) is 14.6 Å². The number of nitrogens with zero attached hydrogens (tertiary/aromatic N) is 6. The Morgan fingerprint density at radius 2 is 1.82 bits per heavy atom. The summed E-state index contributed by atoms with van der Waals surface area (Å²) in [6.07, 6.45) is 3.37. The number of carbonyl (C=O) groups excluding carboxylic acids is 1. The standard InChI is InChI=1S/C25H22Cl2N6O/c26-19-6-7-22(27)21(14-19)23-8-9-32(25-18(15-28)16-29-33(23)25)24(34)17-30-10-12-31(13-11-30)20-4-2-1-3-5-20/h1-8,14,16H,9-13,17H2. The smallest absolute Gasteiger partial charge is 0.242 e. The van der Waals surface area contributed by atoms with Gasteiger partial charge in [0.25, 0.3) is 0 Å². The molecular weight excluding hydrogens is 471 g/mol. The first kappa shape index (κ1) is 22.5. The molecule has 5 rings (SSSR count). The van der Waals surface area contributed by atoms with E-state index in [2.05, 4.69) is 33.1 Å². The molecule has 2 aromatic carbocycles. The minimum absolute atomic E-state index is 0.0705. The maximum absolute atomic E-state index is 13.4. The van der Waals surface area contributed by atoms with Crippen LogP contribution in [0, 0.1) is 11.3 Å². The van der Waals surface area contributed by atoms with E-state index in [1.807, 2.05) is 24.3 Å². The fourth-order valence-electron chi connectivity index (χ4n) is 4.42. The minimum atomic E-state index is -0.0705. The number of halogens is 2. The number of aromatic nitrogens is 2. The fourth-order valence-corrected chi connectivity index (χ4v) is 4.81. The van der Waals surface area contributed by atoms with Crippen molar-refractivity contribution in [2.75, 3.05) is 49.1 Å². The molecule has 3 heterocycles. The molecule has 34 heavy (non-hydrogen) atoms. The topological polar surface area (TPSA) is 68.4 Å². The van der Waals surface area contributed by atoms with Crippen LogP contribution in [0.3, 0.4) is 0 Å². The lowest BCUT2D eigenvalue weighted by molar-refractivity contribution is -0.119. The third-order valence-corrected chi connectivity index (χ3v) is 6.74. The van der Waals surface area contributed by atoms with Gasteiger partial charge in [-0.25, -0.2) is 4.68 Å². The number of anilines is 2. The Labute approximate surface area is 208 Å². The number of hydrogen-bond donors (Lipinski definition) is 0. The molecule has 7 nitrogen and oxygen atoms in total. The highest BCUT2D eigenvalue weighted by Crippen LogP contribution is 2.35. The number of piperazine rings is 1. The lowest BCUT2D eigenvalue weighted by atomic mass is 10.1. The zero-order valence-electron chi connectivity index (χ0n) is 18.4. The molecule has 9 heteroatoms. The van der Waals surface area contributed by atoms with Crippen LogP contribution < -0.4 is 9.80 Å². The average Bonchev–Trinajstić information content (AvgIpc) is 3.30. The highest BCUT2D eigenvalue weighted by Gasteiger charge is 2.31. The van der Waals surface area contributed by atoms with Gasteiger partial charge in [-0.15, -0.1) is 0 Å². The molecule has 1 amide bonds. The van der Waals surface area contributed by atoms with Crippen LogP contribution in [-0.4, -0.2) is 59.9 Å². The Kier molecular flexibility index (Phi) is 6.29. The third-order valence-electron chi connectivity index (χ3n) is 6.17. The lowest BCUT2D eigenvalue weighted by Crippen LogP contribution is -2.51. The second-order valence-corrected chi connectivity index (χ2v) is 9.07. The molecule has 0 saturated carbocycles. The Bertz CT molecular complexity index is 1290. The van der Waals surface area contributed by atoms with E-state index in [-0.39, 0.29) is 12.5 Å². The van der Waals surface area contributed by atoms with Gasteiger partial charge in [0.2, 0.25) is 5.91 Å². The van der Waals surface area contributed by atoms with E-state index in [0.29, 0.717) is 39.2 Å². The van der Waals surface area contributed by atoms with Crippen LogP contribution in [0.25, 0.3) is 5.70 Å². The van der Waals surface area contributed by atoms with Crippen LogP contribution in [-0.2, 0) is 4.79 Å². The molecule has 1 aromatic heterocycles. The summed E-state index contributed by atoms with van der Waals surface area (Å²) in [5.74, 6) is 0.392. The molecule has 0 radical (unpaired) electrons. The van der Waals surface area contributed by atoms with E-state index in [9.17, 15) is 10.1 Å². The third kappa shape index (κ3) is 4.28. The summed E-state index contributed by atoms with van der Waals surface area (Å²) >= 11 is 12.6. The van der Waals surface area contributed by atoms with Gasteiger partial charge < -0.3 is 4.90 Å². The number of para-hydroxylation sites is 1. The molecule has 2 aliphatic rings. The molecule has 172 valence electrons. The first-order valence-electron chi connectivity index (χ1n) is 11.0. The van der Waals surface area contributed by atoms with E-state index in [4.69, 9.17) is 23.2 Å². The Hall–Kier alpha value is -3.31. The molecule has 2 aliphatic heterocycles. The number of fused-ring (bicyclic) bond motifs is 1. The summed E-state index contributed by atoms with van der Waals surface area (Å²) in [4.78, 5) is 19.5. The molecule has 1 saturated heterocycles. The minimum Gasteiger partial charge on any atom is -0.369 e. The molecule has 1 fully saturated rings. The number of benzene rings is 2. The number of rotatable bonds is 4. The largest absolute Gasteiger partial charge is 0.369 e. The lowest BCUT2D eigenvalue weighted by Gasteiger charge is -2.37. The van der Waals surface area contributed by atoms with Crippen LogP contribution in [0.15, 0.2) is 60.8 Å². The molecule has 0 aliphatic carbocycles. The average molecular weight is 493 g/mol. The predicted octanol–water partition coefficient (Wildman–Crippen LogP) is 4.12. The molecule has 0 bridgehead atoms. The molecule has 0 N–H and O–H groups in total. The van der Waals surface area contributed by atoms with Crippen LogP contribution in [0.4, 0.5) is 11.5 Å². The van der Waals surface area contributed by atoms with Gasteiger partial charge in [0.1, 0.15) is 11.6 Å². The van der Waals surface area contributed by atoms with E-state index in [1.54, 1.807) is 27.8 Å². The highest BCUT2D eigenvalue weighted by molar-refractivity contribution is 6.34. The van der Waals surface area contributed by atoms with Crippen molar-refractivity contribution in [3.63, 3.8) is 0 Å². The summed E-state index contributed by atoms with van der Waals surface area (Å²) in [7, 11) is 0. The van der Waals surface area contributed by atoms with Crippen molar-refractivity contribution in [3.8, 4) is 6.07 Å². The van der Waals surface area contributed by atoms with Crippen LogP contribution in [0.1, 0.15) is 11.1 Å². The number of carbonyl (C=O) groups is 1. The van der Waals surface area contributed by atoms with Crippen LogP contribution in [0.5, 0.6) is 0 Å². The van der Waals surface area contributed by atoms with Crippen molar-refractivity contribution < 1.29 is 4.79 Å². The van der Waals surface area contributed by atoms with Crippen molar-refractivity contribution >= 4 is 46.3 Å². The zero-order chi connectivity index (χ0) is 23.7. The van der Waals surface area contributed by atoms with E-state index in [0.717, 1.165) is 26.2 Å². The monoisotopic (exact) mass is 492 g/mol. The van der Waals surface area contributed by atoms with Crippen molar-refractivity contribution in [1.29, 1.82) is 5.26 Å². The van der Waals surface area contributed by atoms with Crippen molar-refractivity contribution in [2.24, 2.45) is 0 Å². The SMILES string of the molecule is N#Cc1cnn2c1N(C(=O)CN1CCN(c3ccccc3)CC1)CC=C2c1cc(Cl)ccc1Cl. The van der Waals surface area contributed by atoms with Gasteiger partial charge in [-0.1, -0.05) is 41.4 Å². The van der Waals surface area contributed by atoms with Gasteiger partial charge >= 0.3 is 0 Å². The van der Waals surface area contributed by atoms with Crippen molar-refractivity contribution in [3.05, 3.63) is 82.0 Å². The summed E-state index contributed by atoms with van der Waals surface area (Å²) in [6, 6.07) is 17.7. The Balaban J connectivity index is 1.34. The van der Waals surface area contributed by atoms with Crippen molar-refractivity contribution in [2.45, 2.75) is 0 Å². The fraction of sp³-hybridized carbons (Fsp3) is 0.240. The molecule has 0 spiro atoms. The van der Waals surface area contributed by atoms with Gasteiger partial charge in [0.05, 0.1) is 23.5 Å². The summed E-state index contributed by atoms with van der Waals surface area (Å²) in [5, 5.41) is 15.1.